The van der Waals surface area contributed by atoms with Crippen molar-refractivity contribution >= 4 is 61.9 Å². The van der Waals surface area contributed by atoms with Gasteiger partial charge in [0.2, 0.25) is 0 Å². The summed E-state index contributed by atoms with van der Waals surface area (Å²) in [4.78, 5) is 0. The van der Waals surface area contributed by atoms with Crippen molar-refractivity contribution < 1.29 is 14.1 Å². The van der Waals surface area contributed by atoms with E-state index in [0.717, 1.165) is 43.5 Å². The Morgan fingerprint density at radius 1 is 0.679 bits per heavy atom. The molecule has 0 fully saturated rings. The quantitative estimate of drug-likeness (QED) is 0.318. The van der Waals surface area contributed by atoms with E-state index in [1.807, 2.05) is 30.3 Å². The van der Waals surface area contributed by atoms with Crippen LogP contribution in [0.1, 0.15) is 0 Å². The van der Waals surface area contributed by atoms with Crippen molar-refractivity contribution in [3.8, 4) is 5.75 Å². The third kappa shape index (κ3) is 2.09. The molecule has 0 unspecified atom stereocenters. The van der Waals surface area contributed by atoms with E-state index >= 15 is 0 Å². The highest BCUT2D eigenvalue weighted by molar-refractivity contribution is 6.31. The lowest BCUT2D eigenvalue weighted by atomic mass is 9.96. The fourth-order valence-electron chi connectivity index (χ4n) is 4.28. The lowest BCUT2D eigenvalue weighted by Gasteiger charge is -2.09. The van der Waals surface area contributed by atoms with Crippen molar-refractivity contribution in [3.63, 3.8) is 0 Å². The molecule has 0 amide bonds. The molecule has 0 spiro atoms. The smallest absolute Gasteiger partial charge is 0.504 e. The van der Waals surface area contributed by atoms with Crippen molar-refractivity contribution in [1.29, 1.82) is 0 Å². The number of hydrogen-bond acceptors (Lipinski definition) is 3. The van der Waals surface area contributed by atoms with Gasteiger partial charge in [-0.15, -0.1) is 0 Å². The Balaban J connectivity index is 1.86. The fourth-order valence-corrected chi connectivity index (χ4v) is 4.28. The van der Waals surface area contributed by atoms with Crippen LogP contribution in [0.25, 0.3) is 54.3 Å². The molecular weight excluding hydrogens is 347 g/mol. The summed E-state index contributed by atoms with van der Waals surface area (Å²) in [5.41, 5.74) is 1.77. The largest absolute Gasteiger partial charge is 0.539 e. The number of furan rings is 1. The van der Waals surface area contributed by atoms with E-state index in [1.54, 1.807) is 0 Å². The second-order valence-electron chi connectivity index (χ2n) is 7.03. The zero-order chi connectivity index (χ0) is 18.7. The van der Waals surface area contributed by atoms with Crippen molar-refractivity contribution in [2.24, 2.45) is 0 Å². The highest BCUT2D eigenvalue weighted by atomic mass is 16.5. The third-order valence-corrected chi connectivity index (χ3v) is 5.51. The summed E-state index contributed by atoms with van der Waals surface area (Å²) in [6.45, 7) is 0. The maximum absolute atomic E-state index is 9.12. The molecule has 3 nitrogen and oxygen atoms in total. The molecule has 5 aromatic carbocycles. The molecule has 28 heavy (non-hydrogen) atoms. The van der Waals surface area contributed by atoms with Crippen LogP contribution in [0.4, 0.5) is 0 Å². The monoisotopic (exact) mass is 362 g/mol. The van der Waals surface area contributed by atoms with Gasteiger partial charge in [0.15, 0.2) is 0 Å². The standard InChI is InChI=1S/C24H15BO3/c26-25-28-16-9-10-19-20(13-16)17-7-3-4-8-18(17)23-21-11-14-5-1-2-6-15(14)12-22(21)27-24(19)23/h1-13,25-26H. The lowest BCUT2D eigenvalue weighted by Crippen LogP contribution is -1.99. The van der Waals surface area contributed by atoms with Gasteiger partial charge in [-0.25, -0.2) is 0 Å². The minimum atomic E-state index is -0.344. The Bertz CT molecular complexity index is 1530. The highest BCUT2D eigenvalue weighted by Gasteiger charge is 2.16. The average Bonchev–Trinajstić information content (AvgIpc) is 3.11. The Morgan fingerprint density at radius 3 is 2.25 bits per heavy atom. The van der Waals surface area contributed by atoms with Crippen molar-refractivity contribution in [3.05, 3.63) is 78.9 Å². The molecule has 0 bridgehead atoms. The molecule has 0 saturated carbocycles. The molecule has 4 heteroatoms. The summed E-state index contributed by atoms with van der Waals surface area (Å²) in [6, 6.07) is 26.9. The maximum atomic E-state index is 9.12. The van der Waals surface area contributed by atoms with Crippen LogP contribution < -0.4 is 4.65 Å². The van der Waals surface area contributed by atoms with Gasteiger partial charge in [0.05, 0.1) is 0 Å². The molecule has 0 aliphatic heterocycles. The number of rotatable bonds is 2. The van der Waals surface area contributed by atoms with Crippen LogP contribution in [0.5, 0.6) is 5.75 Å². The first-order valence-electron chi connectivity index (χ1n) is 9.26. The number of benzene rings is 5. The SMILES string of the molecule is OBOc1ccc2c(c1)c1ccccc1c1c3cc4ccccc4cc3oc21. The molecule has 1 heterocycles. The maximum Gasteiger partial charge on any atom is 0.504 e. The predicted molar refractivity (Wildman–Crippen MR) is 116 cm³/mol. The first-order valence-corrected chi connectivity index (χ1v) is 9.26. The number of fused-ring (bicyclic) bond motifs is 9. The Labute approximate surface area is 161 Å². The van der Waals surface area contributed by atoms with E-state index < -0.39 is 0 Å². The fraction of sp³-hybridized carbons (Fsp3) is 0. The molecular formula is C24H15BO3. The normalized spacial score (nSPS) is 11.8. The molecule has 0 radical (unpaired) electrons. The van der Waals surface area contributed by atoms with Crippen LogP contribution in [0, 0.1) is 0 Å². The minimum absolute atomic E-state index is 0.344. The van der Waals surface area contributed by atoms with E-state index in [4.69, 9.17) is 14.1 Å². The molecule has 0 aliphatic carbocycles. The molecule has 0 atom stereocenters. The first kappa shape index (κ1) is 15.6. The van der Waals surface area contributed by atoms with Gasteiger partial charge in [-0.2, -0.15) is 0 Å². The van der Waals surface area contributed by atoms with Crippen molar-refractivity contribution in [1.82, 2.24) is 0 Å². The minimum Gasteiger partial charge on any atom is -0.539 e. The van der Waals surface area contributed by atoms with E-state index in [2.05, 4.69) is 48.5 Å². The first-order chi connectivity index (χ1) is 13.8. The van der Waals surface area contributed by atoms with E-state index in [1.165, 1.54) is 10.8 Å². The van der Waals surface area contributed by atoms with Crippen molar-refractivity contribution in [2.45, 2.75) is 0 Å². The van der Waals surface area contributed by atoms with Gasteiger partial charge in [-0.3, -0.25) is 0 Å². The zero-order valence-corrected chi connectivity index (χ0v) is 15.0. The lowest BCUT2D eigenvalue weighted by molar-refractivity contribution is 0.454. The number of hydrogen-bond donors (Lipinski definition) is 1. The van der Waals surface area contributed by atoms with Gasteiger partial charge < -0.3 is 14.1 Å². The predicted octanol–water partition coefficient (Wildman–Crippen LogP) is 5.68. The van der Waals surface area contributed by atoms with Crippen LogP contribution in [-0.4, -0.2) is 12.7 Å². The van der Waals surface area contributed by atoms with Gasteiger partial charge in [0, 0.05) is 16.2 Å². The van der Waals surface area contributed by atoms with Crippen LogP contribution >= 0.6 is 0 Å². The summed E-state index contributed by atoms with van der Waals surface area (Å²) in [6.07, 6.45) is 0. The molecule has 1 aromatic heterocycles. The topological polar surface area (TPSA) is 42.6 Å². The average molecular weight is 362 g/mol. The highest BCUT2D eigenvalue weighted by Crippen LogP contribution is 2.42. The molecule has 0 aliphatic rings. The molecule has 132 valence electrons. The summed E-state index contributed by atoms with van der Waals surface area (Å²) < 4.78 is 11.7. The van der Waals surface area contributed by atoms with Crippen molar-refractivity contribution in [2.75, 3.05) is 0 Å². The van der Waals surface area contributed by atoms with Gasteiger partial charge in [-0.05, 0) is 57.3 Å². The Morgan fingerprint density at radius 2 is 1.43 bits per heavy atom. The Kier molecular flexibility index (Phi) is 3.19. The Hall–Kier alpha value is -3.50. The zero-order valence-electron chi connectivity index (χ0n) is 15.0. The van der Waals surface area contributed by atoms with Gasteiger partial charge >= 0.3 is 7.69 Å². The molecule has 0 saturated heterocycles. The summed E-state index contributed by atoms with van der Waals surface area (Å²) in [7, 11) is -0.344. The molecule has 6 aromatic rings. The van der Waals surface area contributed by atoms with Crippen LogP contribution in [0.15, 0.2) is 83.3 Å². The van der Waals surface area contributed by atoms with Crippen LogP contribution in [0.2, 0.25) is 0 Å². The summed E-state index contributed by atoms with van der Waals surface area (Å²) >= 11 is 0. The third-order valence-electron chi connectivity index (χ3n) is 5.51. The van der Waals surface area contributed by atoms with Gasteiger partial charge in [-0.1, -0.05) is 48.5 Å². The second-order valence-corrected chi connectivity index (χ2v) is 7.03. The summed E-state index contributed by atoms with van der Waals surface area (Å²) in [5.74, 6) is 0.640. The van der Waals surface area contributed by atoms with E-state index in [-0.39, 0.29) is 7.69 Å². The van der Waals surface area contributed by atoms with Crippen LogP contribution in [0.3, 0.4) is 0 Å². The van der Waals surface area contributed by atoms with Gasteiger partial charge in [0.1, 0.15) is 16.9 Å². The van der Waals surface area contributed by atoms with Crippen LogP contribution in [-0.2, 0) is 0 Å². The second kappa shape index (κ2) is 5.75. The molecule has 6 rings (SSSR count). The van der Waals surface area contributed by atoms with Gasteiger partial charge in [0.25, 0.3) is 0 Å². The van der Waals surface area contributed by atoms with E-state index in [9.17, 15) is 0 Å². The summed E-state index contributed by atoms with van der Waals surface area (Å²) in [5, 5.41) is 18.2. The van der Waals surface area contributed by atoms with E-state index in [0.29, 0.717) is 5.75 Å². The molecule has 1 N–H and O–H groups in total.